The molecule has 1 saturated heterocycles. The van der Waals surface area contributed by atoms with Gasteiger partial charge in [-0.3, -0.25) is 4.79 Å². The van der Waals surface area contributed by atoms with Crippen LogP contribution in [-0.2, 0) is 11.2 Å². The largest absolute Gasteiger partial charge is 0.507 e. The van der Waals surface area contributed by atoms with E-state index in [2.05, 4.69) is 0 Å². The van der Waals surface area contributed by atoms with Gasteiger partial charge < -0.3 is 48.9 Å². The summed E-state index contributed by atoms with van der Waals surface area (Å²) in [4.78, 5) is 13.5. The minimum atomic E-state index is -1.69. The number of methoxy groups -OCH3 is 2. The molecule has 1 unspecified atom stereocenters. The number of hydrogen-bond acceptors (Lipinski definition) is 11. The molecule has 39 heavy (non-hydrogen) atoms. The molecular weight excluding hydrogens is 512 g/mol. The molecule has 1 aromatic heterocycles. The number of phenols is 1. The zero-order chi connectivity index (χ0) is 28.4. The van der Waals surface area contributed by atoms with E-state index in [1.165, 1.54) is 20.3 Å². The number of ether oxygens (including phenoxy) is 4. The average molecular weight is 545 g/mol. The molecule has 2 heterocycles. The quantitative estimate of drug-likeness (QED) is 0.263. The zero-order valence-corrected chi connectivity index (χ0v) is 22.0. The van der Waals surface area contributed by atoms with Gasteiger partial charge in [0.25, 0.3) is 0 Å². The van der Waals surface area contributed by atoms with Crippen LogP contribution in [0.25, 0.3) is 22.3 Å². The van der Waals surface area contributed by atoms with E-state index >= 15 is 0 Å². The van der Waals surface area contributed by atoms with Crippen molar-refractivity contribution in [1.29, 1.82) is 0 Å². The molecule has 4 rings (SSSR count). The first kappa shape index (κ1) is 28.4. The number of allylic oxidation sites excluding steroid dienone is 2. The Kier molecular flexibility index (Phi) is 8.48. The average Bonchev–Trinajstić information content (AvgIpc) is 2.92. The molecule has 3 aromatic rings. The van der Waals surface area contributed by atoms with E-state index in [0.29, 0.717) is 16.9 Å². The van der Waals surface area contributed by atoms with Crippen LogP contribution in [0.15, 0.2) is 51.2 Å². The summed E-state index contributed by atoms with van der Waals surface area (Å²) < 4.78 is 28.2. The number of aliphatic hydroxyl groups is 4. The first-order valence-corrected chi connectivity index (χ1v) is 12.3. The number of rotatable bonds is 8. The van der Waals surface area contributed by atoms with Crippen LogP contribution in [-0.4, -0.2) is 77.1 Å². The second-order valence-electron chi connectivity index (χ2n) is 9.40. The third-order valence-corrected chi connectivity index (χ3v) is 6.53. The van der Waals surface area contributed by atoms with Gasteiger partial charge in [0.15, 0.2) is 5.76 Å². The van der Waals surface area contributed by atoms with E-state index in [4.69, 9.17) is 23.4 Å². The Bertz CT molecular complexity index is 1400. The minimum absolute atomic E-state index is 0.00386. The van der Waals surface area contributed by atoms with Crippen LogP contribution in [0.3, 0.4) is 0 Å². The van der Waals surface area contributed by atoms with Crippen molar-refractivity contribution in [3.63, 3.8) is 0 Å². The molecule has 0 spiro atoms. The van der Waals surface area contributed by atoms with Gasteiger partial charge in [0.1, 0.15) is 52.6 Å². The van der Waals surface area contributed by atoms with Crippen molar-refractivity contribution in [1.82, 2.24) is 0 Å². The number of hydrogen-bond donors (Lipinski definition) is 5. The fraction of sp³-hybridized carbons (Fsp3) is 0.393. The molecule has 0 aliphatic carbocycles. The second kappa shape index (κ2) is 11.6. The van der Waals surface area contributed by atoms with Gasteiger partial charge in [-0.05, 0) is 44.5 Å². The first-order valence-electron chi connectivity index (χ1n) is 12.3. The van der Waals surface area contributed by atoms with Crippen LogP contribution in [0.4, 0.5) is 0 Å². The van der Waals surface area contributed by atoms with Crippen molar-refractivity contribution in [2.75, 3.05) is 20.8 Å². The van der Waals surface area contributed by atoms with Gasteiger partial charge in [-0.2, -0.15) is 0 Å². The Balaban J connectivity index is 1.93. The lowest BCUT2D eigenvalue weighted by atomic mass is 9.99. The predicted octanol–water partition coefficient (Wildman–Crippen LogP) is 1.87. The summed E-state index contributed by atoms with van der Waals surface area (Å²) in [5, 5.41) is 51.1. The summed E-state index contributed by atoms with van der Waals surface area (Å²) in [5.74, 6) is 0.117. The monoisotopic (exact) mass is 544 g/mol. The van der Waals surface area contributed by atoms with Crippen molar-refractivity contribution in [2.45, 2.75) is 51.0 Å². The molecule has 11 nitrogen and oxygen atoms in total. The Hall–Kier alpha value is -3.61. The standard InChI is InChI=1S/C28H32O11/c1-13(2)5-10-16-18(37-28-24(34)23(33)21(31)19(12-29)38-28)11-17(30)20-22(32)27(36-4)25(39-26(16)20)14-6-8-15(35-3)9-7-14/h5-9,11,19,21,23-24,28-31,33-34H,10,12H2,1-4H3/t19?,21-,23+,24-,28-/m1/s1. The predicted molar refractivity (Wildman–Crippen MR) is 140 cm³/mol. The summed E-state index contributed by atoms with van der Waals surface area (Å²) in [6.45, 7) is 3.11. The third-order valence-electron chi connectivity index (χ3n) is 6.53. The van der Waals surface area contributed by atoms with E-state index in [1.54, 1.807) is 24.3 Å². The summed E-state index contributed by atoms with van der Waals surface area (Å²) >= 11 is 0. The lowest BCUT2D eigenvalue weighted by molar-refractivity contribution is -0.277. The highest BCUT2D eigenvalue weighted by molar-refractivity contribution is 5.91. The van der Waals surface area contributed by atoms with Crippen LogP contribution < -0.4 is 19.6 Å². The van der Waals surface area contributed by atoms with Crippen molar-refractivity contribution in [3.05, 3.63) is 57.8 Å². The molecule has 5 atom stereocenters. The summed E-state index contributed by atoms with van der Waals surface area (Å²) in [5.41, 5.74) is 1.21. The van der Waals surface area contributed by atoms with Gasteiger partial charge in [0.2, 0.25) is 17.5 Å². The van der Waals surface area contributed by atoms with Crippen molar-refractivity contribution in [3.8, 4) is 34.3 Å². The number of phenolic OH excluding ortho intramolecular Hbond substituents is 1. The molecule has 0 amide bonds. The fourth-order valence-electron chi connectivity index (χ4n) is 4.37. The molecule has 1 aliphatic heterocycles. The molecule has 0 radical (unpaired) electrons. The summed E-state index contributed by atoms with van der Waals surface area (Å²) in [7, 11) is 2.85. The normalized spacial score (nSPS) is 22.9. The molecule has 11 heteroatoms. The second-order valence-corrected chi connectivity index (χ2v) is 9.40. The van der Waals surface area contributed by atoms with Crippen molar-refractivity contribution >= 4 is 11.0 Å². The van der Waals surface area contributed by atoms with Gasteiger partial charge in [0.05, 0.1) is 20.8 Å². The van der Waals surface area contributed by atoms with Crippen LogP contribution in [0.2, 0.25) is 0 Å². The van der Waals surface area contributed by atoms with E-state index in [9.17, 15) is 30.3 Å². The molecule has 1 fully saturated rings. The number of aliphatic hydroxyl groups excluding tert-OH is 4. The maximum absolute atomic E-state index is 13.5. The minimum Gasteiger partial charge on any atom is -0.507 e. The Morgan fingerprint density at radius 2 is 1.72 bits per heavy atom. The fourth-order valence-corrected chi connectivity index (χ4v) is 4.37. The lowest BCUT2D eigenvalue weighted by Gasteiger charge is -2.39. The molecule has 5 N–H and O–H groups in total. The number of fused-ring (bicyclic) bond motifs is 1. The molecule has 0 saturated carbocycles. The van der Waals surface area contributed by atoms with E-state index < -0.39 is 48.5 Å². The Morgan fingerprint density at radius 1 is 1.03 bits per heavy atom. The molecule has 2 aromatic carbocycles. The zero-order valence-electron chi connectivity index (χ0n) is 22.0. The number of benzene rings is 2. The van der Waals surface area contributed by atoms with Gasteiger partial charge in [-0.15, -0.1) is 0 Å². The lowest BCUT2D eigenvalue weighted by Crippen LogP contribution is -2.60. The Morgan fingerprint density at radius 3 is 2.31 bits per heavy atom. The van der Waals surface area contributed by atoms with E-state index in [0.717, 1.165) is 5.57 Å². The van der Waals surface area contributed by atoms with Gasteiger partial charge in [-0.1, -0.05) is 11.6 Å². The highest BCUT2D eigenvalue weighted by Gasteiger charge is 2.45. The summed E-state index contributed by atoms with van der Waals surface area (Å²) in [6.07, 6.45) is -5.60. The summed E-state index contributed by atoms with van der Waals surface area (Å²) in [6, 6.07) is 7.95. The topological polar surface area (TPSA) is 168 Å². The first-order chi connectivity index (χ1) is 18.6. The van der Waals surface area contributed by atoms with Crippen LogP contribution in [0, 0.1) is 0 Å². The molecular formula is C28H32O11. The third kappa shape index (κ3) is 5.45. The van der Waals surface area contributed by atoms with Gasteiger partial charge >= 0.3 is 0 Å². The van der Waals surface area contributed by atoms with Crippen LogP contribution >= 0.6 is 0 Å². The Labute approximate surface area is 224 Å². The SMILES string of the molecule is COc1ccc(-c2oc3c(CC=C(C)C)c(O[C@@H]4OC(CO)[C@@H](O)[C@H](O)[C@H]4O)cc(O)c3c(=O)c2OC)cc1. The smallest absolute Gasteiger partial charge is 0.239 e. The highest BCUT2D eigenvalue weighted by Crippen LogP contribution is 2.40. The maximum atomic E-state index is 13.5. The van der Waals surface area contributed by atoms with Crippen LogP contribution in [0.5, 0.6) is 23.0 Å². The molecule has 0 bridgehead atoms. The van der Waals surface area contributed by atoms with Crippen LogP contribution in [0.1, 0.15) is 19.4 Å². The maximum Gasteiger partial charge on any atom is 0.239 e. The van der Waals surface area contributed by atoms with Gasteiger partial charge in [0, 0.05) is 17.2 Å². The molecule has 210 valence electrons. The van der Waals surface area contributed by atoms with Crippen molar-refractivity contribution in [2.24, 2.45) is 0 Å². The van der Waals surface area contributed by atoms with E-state index in [-0.39, 0.29) is 34.6 Å². The van der Waals surface area contributed by atoms with E-state index in [1.807, 2.05) is 19.9 Å². The molecule has 1 aliphatic rings. The van der Waals surface area contributed by atoms with Crippen molar-refractivity contribution < 1.29 is 48.9 Å². The van der Waals surface area contributed by atoms with Gasteiger partial charge in [-0.25, -0.2) is 0 Å². The number of aromatic hydroxyl groups is 1. The highest BCUT2D eigenvalue weighted by atomic mass is 16.7.